The monoisotopic (exact) mass is 343 g/mol. The fourth-order valence-electron chi connectivity index (χ4n) is 2.84. The Kier molecular flexibility index (Phi) is 4.76. The Balaban J connectivity index is 1.80. The number of hydrogen-bond acceptors (Lipinski definition) is 4. The summed E-state index contributed by atoms with van der Waals surface area (Å²) in [6.45, 7) is 6.22. The summed E-state index contributed by atoms with van der Waals surface area (Å²) in [6, 6.07) is 7.71. The van der Waals surface area contributed by atoms with E-state index in [9.17, 15) is 9.59 Å². The van der Waals surface area contributed by atoms with Gasteiger partial charge in [0, 0.05) is 29.2 Å². The third kappa shape index (κ3) is 3.24. The van der Waals surface area contributed by atoms with Crippen molar-refractivity contribution in [1.82, 2.24) is 9.55 Å². The molecule has 2 aromatic rings. The van der Waals surface area contributed by atoms with Gasteiger partial charge in [-0.25, -0.2) is 4.98 Å². The number of aromatic nitrogens is 2. The lowest BCUT2D eigenvalue weighted by molar-refractivity contribution is -0.119. The Bertz CT molecular complexity index is 827. The molecule has 1 atom stereocenters. The van der Waals surface area contributed by atoms with E-state index in [1.165, 1.54) is 11.8 Å². The summed E-state index contributed by atoms with van der Waals surface area (Å²) in [5, 5.41) is 3.66. The zero-order valence-electron chi connectivity index (χ0n) is 14.1. The van der Waals surface area contributed by atoms with Crippen LogP contribution in [0.15, 0.2) is 34.2 Å². The first-order valence-electron chi connectivity index (χ1n) is 8.10. The number of fused-ring (bicyclic) bond motifs is 1. The highest BCUT2D eigenvalue weighted by Gasteiger charge is 2.28. The van der Waals surface area contributed by atoms with Crippen LogP contribution in [0.25, 0.3) is 0 Å². The fraction of sp³-hybridized carbons (Fsp3) is 0.389. The van der Waals surface area contributed by atoms with Crippen LogP contribution in [0.5, 0.6) is 0 Å². The lowest BCUT2D eigenvalue weighted by atomic mass is 10.1. The summed E-state index contributed by atoms with van der Waals surface area (Å²) >= 11 is 1.48. The molecular formula is C18H21N3O2S. The van der Waals surface area contributed by atoms with Crippen LogP contribution in [-0.4, -0.2) is 21.2 Å². The van der Waals surface area contributed by atoms with Crippen molar-refractivity contribution in [2.45, 2.75) is 38.9 Å². The second-order valence-corrected chi connectivity index (χ2v) is 7.08. The van der Waals surface area contributed by atoms with Crippen LogP contribution in [0.3, 0.4) is 0 Å². The van der Waals surface area contributed by atoms with Crippen molar-refractivity contribution in [3.05, 3.63) is 51.4 Å². The Hall–Kier alpha value is -2.08. The number of aryl methyl sites for hydroxylation is 2. The van der Waals surface area contributed by atoms with Crippen LogP contribution in [0, 0.1) is 19.8 Å². The van der Waals surface area contributed by atoms with Crippen molar-refractivity contribution >= 4 is 23.4 Å². The molecule has 0 aliphatic carbocycles. The van der Waals surface area contributed by atoms with Crippen molar-refractivity contribution < 1.29 is 4.79 Å². The first-order chi connectivity index (χ1) is 11.5. The van der Waals surface area contributed by atoms with Gasteiger partial charge in [0.05, 0.1) is 5.92 Å². The van der Waals surface area contributed by atoms with Gasteiger partial charge < -0.3 is 5.32 Å². The van der Waals surface area contributed by atoms with Crippen molar-refractivity contribution in [3.63, 3.8) is 0 Å². The van der Waals surface area contributed by atoms with Crippen molar-refractivity contribution in [3.8, 4) is 0 Å². The van der Waals surface area contributed by atoms with Crippen LogP contribution < -0.4 is 10.9 Å². The smallest absolute Gasteiger partial charge is 0.257 e. The summed E-state index contributed by atoms with van der Waals surface area (Å²) < 4.78 is 1.65. The lowest BCUT2D eigenvalue weighted by Gasteiger charge is -2.25. The molecule has 1 aliphatic rings. The molecular weight excluding hydrogens is 322 g/mol. The van der Waals surface area contributed by atoms with Gasteiger partial charge in [0.25, 0.3) is 5.56 Å². The van der Waals surface area contributed by atoms with E-state index in [2.05, 4.69) is 10.3 Å². The van der Waals surface area contributed by atoms with Crippen molar-refractivity contribution in [2.75, 3.05) is 11.1 Å². The molecule has 0 spiro atoms. The molecule has 0 bridgehead atoms. The number of amides is 1. The first kappa shape index (κ1) is 16.8. The molecule has 126 valence electrons. The molecule has 0 fully saturated rings. The maximum Gasteiger partial charge on any atom is 0.257 e. The largest absolute Gasteiger partial charge is 0.326 e. The molecule has 2 heterocycles. The molecule has 0 saturated carbocycles. The first-order valence-corrected chi connectivity index (χ1v) is 9.08. The number of anilines is 1. The van der Waals surface area contributed by atoms with E-state index in [1.54, 1.807) is 4.57 Å². The standard InChI is InChI=1S/C18H21N3O2S/c1-4-15-12(3)19-18-21(17(15)23)9-13(10-24-18)16(22)20-14-7-5-11(2)6-8-14/h5-8,13H,4,9-10H2,1-3H3,(H,20,22). The minimum atomic E-state index is -0.240. The Morgan fingerprint density at radius 3 is 2.71 bits per heavy atom. The van der Waals surface area contributed by atoms with E-state index in [0.29, 0.717) is 23.9 Å². The number of rotatable bonds is 3. The molecule has 1 aliphatic heterocycles. The SMILES string of the molecule is CCc1c(C)nc2n(c1=O)CC(C(=O)Nc1ccc(C)cc1)CS2. The number of thioether (sulfide) groups is 1. The predicted octanol–water partition coefficient (Wildman–Crippen LogP) is 2.78. The lowest BCUT2D eigenvalue weighted by Crippen LogP contribution is -2.38. The second kappa shape index (κ2) is 6.81. The summed E-state index contributed by atoms with van der Waals surface area (Å²) in [7, 11) is 0. The van der Waals surface area contributed by atoms with Gasteiger partial charge >= 0.3 is 0 Å². The van der Waals surface area contributed by atoms with Crippen LogP contribution in [0.1, 0.15) is 23.7 Å². The number of carbonyl (C=O) groups is 1. The van der Waals surface area contributed by atoms with Gasteiger partial charge in [-0.05, 0) is 32.4 Å². The maximum atomic E-state index is 12.6. The zero-order chi connectivity index (χ0) is 17.3. The molecule has 3 rings (SSSR count). The van der Waals surface area contributed by atoms with Crippen molar-refractivity contribution in [2.24, 2.45) is 5.92 Å². The molecule has 0 saturated heterocycles. The predicted molar refractivity (Wildman–Crippen MR) is 96.6 cm³/mol. The number of hydrogen-bond donors (Lipinski definition) is 1. The van der Waals surface area contributed by atoms with Crippen LogP contribution >= 0.6 is 11.8 Å². The Morgan fingerprint density at radius 2 is 2.04 bits per heavy atom. The minimum Gasteiger partial charge on any atom is -0.326 e. The molecule has 24 heavy (non-hydrogen) atoms. The number of nitrogens with one attached hydrogen (secondary N) is 1. The van der Waals surface area contributed by atoms with E-state index in [1.807, 2.05) is 45.0 Å². The second-order valence-electron chi connectivity index (χ2n) is 6.09. The van der Waals surface area contributed by atoms with E-state index >= 15 is 0 Å². The van der Waals surface area contributed by atoms with E-state index in [0.717, 1.165) is 22.5 Å². The third-order valence-electron chi connectivity index (χ3n) is 4.29. The topological polar surface area (TPSA) is 64.0 Å². The quantitative estimate of drug-likeness (QED) is 0.871. The van der Waals surface area contributed by atoms with Gasteiger partial charge in [0.2, 0.25) is 5.91 Å². The van der Waals surface area contributed by atoms with E-state index in [-0.39, 0.29) is 17.4 Å². The fourth-order valence-corrected chi connectivity index (χ4v) is 3.96. The highest BCUT2D eigenvalue weighted by atomic mass is 32.2. The molecule has 0 radical (unpaired) electrons. The van der Waals surface area contributed by atoms with E-state index < -0.39 is 0 Å². The molecule has 1 aromatic heterocycles. The maximum absolute atomic E-state index is 12.6. The van der Waals surface area contributed by atoms with Crippen LogP contribution in [0.2, 0.25) is 0 Å². The molecule has 6 heteroatoms. The van der Waals surface area contributed by atoms with Gasteiger partial charge in [-0.2, -0.15) is 0 Å². The third-order valence-corrected chi connectivity index (χ3v) is 5.43. The summed E-state index contributed by atoms with van der Waals surface area (Å²) in [5.41, 5.74) is 3.45. The van der Waals surface area contributed by atoms with Gasteiger partial charge in [0.1, 0.15) is 0 Å². The number of nitrogens with zero attached hydrogens (tertiary/aromatic N) is 2. The molecule has 1 aromatic carbocycles. The van der Waals surface area contributed by atoms with Crippen LogP contribution in [-0.2, 0) is 17.8 Å². The number of benzene rings is 1. The summed E-state index contributed by atoms with van der Waals surface area (Å²) in [6.07, 6.45) is 0.656. The highest BCUT2D eigenvalue weighted by molar-refractivity contribution is 7.99. The normalized spacial score (nSPS) is 16.5. The average Bonchev–Trinajstić information content (AvgIpc) is 2.57. The highest BCUT2D eigenvalue weighted by Crippen LogP contribution is 2.26. The molecule has 5 nitrogen and oxygen atoms in total. The number of carbonyl (C=O) groups excluding carboxylic acids is 1. The van der Waals surface area contributed by atoms with E-state index in [4.69, 9.17) is 0 Å². The van der Waals surface area contributed by atoms with Gasteiger partial charge in [-0.15, -0.1) is 0 Å². The molecule has 1 N–H and O–H groups in total. The van der Waals surface area contributed by atoms with Crippen LogP contribution in [0.4, 0.5) is 5.69 Å². The minimum absolute atomic E-state index is 0.0136. The molecule has 1 amide bonds. The molecule has 1 unspecified atom stereocenters. The Labute approximate surface area is 145 Å². The summed E-state index contributed by atoms with van der Waals surface area (Å²) in [4.78, 5) is 29.7. The van der Waals surface area contributed by atoms with Gasteiger partial charge in [-0.1, -0.05) is 36.4 Å². The zero-order valence-corrected chi connectivity index (χ0v) is 14.9. The average molecular weight is 343 g/mol. The van der Waals surface area contributed by atoms with Crippen molar-refractivity contribution in [1.29, 1.82) is 0 Å². The van der Waals surface area contributed by atoms with Gasteiger partial charge in [-0.3, -0.25) is 14.2 Å². The summed E-state index contributed by atoms with van der Waals surface area (Å²) in [5.74, 6) is 0.341. The van der Waals surface area contributed by atoms with Gasteiger partial charge in [0.15, 0.2) is 5.16 Å². The Morgan fingerprint density at radius 1 is 1.33 bits per heavy atom.